The van der Waals surface area contributed by atoms with Gasteiger partial charge in [0.05, 0.1) is 22.2 Å². The van der Waals surface area contributed by atoms with E-state index in [9.17, 15) is 5.11 Å². The summed E-state index contributed by atoms with van der Waals surface area (Å²) < 4.78 is 11.0. The van der Waals surface area contributed by atoms with Gasteiger partial charge in [0.25, 0.3) is 0 Å². The van der Waals surface area contributed by atoms with Gasteiger partial charge in [-0.15, -0.1) is 0 Å². The zero-order valence-corrected chi connectivity index (χ0v) is 18.4. The lowest BCUT2D eigenvalue weighted by molar-refractivity contribution is 0.0118. The lowest BCUT2D eigenvalue weighted by Crippen LogP contribution is -2.42. The van der Waals surface area contributed by atoms with Crippen molar-refractivity contribution in [3.05, 3.63) is 66.2 Å². The Bertz CT molecular complexity index is 1520. The number of imidazole rings is 1. The number of anilines is 1. The third-order valence-electron chi connectivity index (χ3n) is 7.01. The van der Waals surface area contributed by atoms with Crippen molar-refractivity contribution in [1.29, 1.82) is 0 Å². The van der Waals surface area contributed by atoms with Crippen LogP contribution >= 0.6 is 0 Å². The zero-order chi connectivity index (χ0) is 22.7. The molecule has 1 fully saturated rings. The van der Waals surface area contributed by atoms with Crippen LogP contribution in [-0.4, -0.2) is 45.2 Å². The fourth-order valence-electron chi connectivity index (χ4n) is 5.07. The summed E-state index contributed by atoms with van der Waals surface area (Å²) in [5.41, 5.74) is 4.81. The Morgan fingerprint density at radius 2 is 1.71 bits per heavy atom. The van der Waals surface area contributed by atoms with Gasteiger partial charge in [0, 0.05) is 30.2 Å². The van der Waals surface area contributed by atoms with Crippen molar-refractivity contribution in [3.63, 3.8) is 0 Å². The predicted octanol–water partition coefficient (Wildman–Crippen LogP) is 4.32. The minimum atomic E-state index is -0.765. The number of aliphatic hydroxyl groups is 1. The Morgan fingerprint density at radius 3 is 2.53 bits per heavy atom. The van der Waals surface area contributed by atoms with E-state index in [1.54, 1.807) is 0 Å². The van der Waals surface area contributed by atoms with Crippen LogP contribution in [0.4, 0.5) is 5.69 Å². The molecule has 7 rings (SSSR count). The zero-order valence-electron chi connectivity index (χ0n) is 18.4. The lowest BCUT2D eigenvalue weighted by Gasteiger charge is -2.39. The Balaban J connectivity index is 1.17. The summed E-state index contributed by atoms with van der Waals surface area (Å²) >= 11 is 0. The molecule has 2 aliphatic heterocycles. The maximum Gasteiger partial charge on any atom is 0.231 e. The SMILES string of the molecule is OC1(c2ccccc2)CCN(c2ccc3nc(-c4n[nH]c5cc6c(cc45)OCO6)[nH]c3c2)CC1. The van der Waals surface area contributed by atoms with Gasteiger partial charge in [-0.3, -0.25) is 5.10 Å². The molecule has 0 saturated carbocycles. The fraction of sp³-hybridized carbons (Fsp3) is 0.231. The number of benzene rings is 3. The number of hydrogen-bond acceptors (Lipinski definition) is 6. The Kier molecular flexibility index (Phi) is 4.13. The van der Waals surface area contributed by atoms with Crippen LogP contribution in [0, 0.1) is 0 Å². The maximum absolute atomic E-state index is 11.2. The molecule has 4 heterocycles. The summed E-state index contributed by atoms with van der Waals surface area (Å²) in [4.78, 5) is 10.5. The van der Waals surface area contributed by atoms with Gasteiger partial charge < -0.3 is 24.5 Å². The van der Waals surface area contributed by atoms with Crippen molar-refractivity contribution in [2.24, 2.45) is 0 Å². The number of fused-ring (bicyclic) bond motifs is 3. The van der Waals surface area contributed by atoms with Gasteiger partial charge in [-0.2, -0.15) is 5.10 Å². The van der Waals surface area contributed by atoms with Crippen molar-refractivity contribution in [2.45, 2.75) is 18.4 Å². The summed E-state index contributed by atoms with van der Waals surface area (Å²) in [6.07, 6.45) is 1.39. The molecule has 34 heavy (non-hydrogen) atoms. The second-order valence-electron chi connectivity index (χ2n) is 8.99. The molecular formula is C26H23N5O3. The number of nitrogens with zero attached hydrogens (tertiary/aromatic N) is 3. The first kappa shape index (κ1) is 19.4. The highest BCUT2D eigenvalue weighted by Gasteiger charge is 2.34. The van der Waals surface area contributed by atoms with E-state index < -0.39 is 5.60 Å². The van der Waals surface area contributed by atoms with E-state index in [0.29, 0.717) is 24.4 Å². The van der Waals surface area contributed by atoms with Crippen LogP contribution in [-0.2, 0) is 5.60 Å². The summed E-state index contributed by atoms with van der Waals surface area (Å²) in [6.45, 7) is 1.81. The normalized spacial score (nSPS) is 17.0. The van der Waals surface area contributed by atoms with Crippen LogP contribution in [0.3, 0.4) is 0 Å². The van der Waals surface area contributed by atoms with Crippen LogP contribution in [0.1, 0.15) is 18.4 Å². The lowest BCUT2D eigenvalue weighted by atomic mass is 9.84. The molecular weight excluding hydrogens is 430 g/mol. The Hall–Kier alpha value is -4.04. The molecule has 0 atom stereocenters. The van der Waals surface area contributed by atoms with Gasteiger partial charge in [-0.25, -0.2) is 4.98 Å². The summed E-state index contributed by atoms with van der Waals surface area (Å²) in [7, 11) is 0. The highest BCUT2D eigenvalue weighted by molar-refractivity contribution is 5.95. The smallest absolute Gasteiger partial charge is 0.231 e. The van der Waals surface area contributed by atoms with Crippen molar-refractivity contribution in [3.8, 4) is 23.0 Å². The minimum absolute atomic E-state index is 0.233. The maximum atomic E-state index is 11.2. The molecule has 0 amide bonds. The van der Waals surface area contributed by atoms with Crippen molar-refractivity contribution in [2.75, 3.05) is 24.8 Å². The molecule has 2 aliphatic rings. The molecule has 0 radical (unpaired) electrons. The number of aromatic amines is 2. The number of rotatable bonds is 3. The highest BCUT2D eigenvalue weighted by atomic mass is 16.7. The number of piperidine rings is 1. The first-order valence-corrected chi connectivity index (χ1v) is 11.5. The molecule has 170 valence electrons. The van der Waals surface area contributed by atoms with E-state index >= 15 is 0 Å². The van der Waals surface area contributed by atoms with Gasteiger partial charge in [0.2, 0.25) is 6.79 Å². The van der Waals surface area contributed by atoms with E-state index in [1.807, 2.05) is 48.5 Å². The molecule has 0 unspecified atom stereocenters. The van der Waals surface area contributed by atoms with E-state index in [2.05, 4.69) is 32.2 Å². The average Bonchev–Trinajstić information content (AvgIpc) is 3.60. The number of hydrogen-bond donors (Lipinski definition) is 3. The quantitative estimate of drug-likeness (QED) is 0.376. The van der Waals surface area contributed by atoms with E-state index in [4.69, 9.17) is 14.5 Å². The number of ether oxygens (including phenoxy) is 2. The first-order valence-electron chi connectivity index (χ1n) is 11.5. The van der Waals surface area contributed by atoms with Crippen LogP contribution in [0.25, 0.3) is 33.5 Å². The van der Waals surface area contributed by atoms with E-state index in [0.717, 1.165) is 57.7 Å². The molecule has 3 aromatic carbocycles. The number of nitrogens with one attached hydrogen (secondary N) is 2. The second kappa shape index (κ2) is 7.23. The standard InChI is InChI=1S/C26H23N5O3/c32-26(16-4-2-1-3-5-16)8-10-31(11-9-26)17-6-7-19-21(12-17)28-25(27-19)24-18-13-22-23(34-15-33-22)14-20(18)29-30-24/h1-7,12-14,32H,8-11,15H2,(H,27,28)(H,29,30). The Labute approximate surface area is 195 Å². The van der Waals surface area contributed by atoms with Crippen LogP contribution in [0.2, 0.25) is 0 Å². The number of H-pyrrole nitrogens is 2. The van der Waals surface area contributed by atoms with Gasteiger partial charge in [-0.1, -0.05) is 30.3 Å². The van der Waals surface area contributed by atoms with Gasteiger partial charge in [0.15, 0.2) is 17.3 Å². The summed E-state index contributed by atoms with van der Waals surface area (Å²) in [6, 6.07) is 20.1. The van der Waals surface area contributed by atoms with Gasteiger partial charge >= 0.3 is 0 Å². The summed E-state index contributed by atoms with van der Waals surface area (Å²) in [5, 5.41) is 19.7. The van der Waals surface area contributed by atoms with E-state index in [-0.39, 0.29) is 6.79 Å². The van der Waals surface area contributed by atoms with Crippen molar-refractivity contribution in [1.82, 2.24) is 20.2 Å². The third kappa shape index (κ3) is 3.03. The summed E-state index contributed by atoms with van der Waals surface area (Å²) in [5.74, 6) is 2.14. The molecule has 1 saturated heterocycles. The molecule has 5 aromatic rings. The van der Waals surface area contributed by atoms with Crippen LogP contribution in [0.15, 0.2) is 60.7 Å². The highest BCUT2D eigenvalue weighted by Crippen LogP contribution is 2.39. The van der Waals surface area contributed by atoms with Gasteiger partial charge in [-0.05, 0) is 42.7 Å². The predicted molar refractivity (Wildman–Crippen MR) is 129 cm³/mol. The molecule has 8 heteroatoms. The minimum Gasteiger partial charge on any atom is -0.454 e. The van der Waals surface area contributed by atoms with Crippen LogP contribution < -0.4 is 14.4 Å². The number of aromatic nitrogens is 4. The molecule has 0 spiro atoms. The van der Waals surface area contributed by atoms with Crippen LogP contribution in [0.5, 0.6) is 11.5 Å². The topological polar surface area (TPSA) is 99.3 Å². The van der Waals surface area contributed by atoms with Crippen molar-refractivity contribution >= 4 is 27.6 Å². The fourth-order valence-corrected chi connectivity index (χ4v) is 5.07. The van der Waals surface area contributed by atoms with Gasteiger partial charge in [0.1, 0.15) is 5.69 Å². The monoisotopic (exact) mass is 453 g/mol. The Morgan fingerprint density at radius 1 is 0.912 bits per heavy atom. The van der Waals surface area contributed by atoms with E-state index in [1.165, 1.54) is 0 Å². The molecule has 3 N–H and O–H groups in total. The second-order valence-corrected chi connectivity index (χ2v) is 8.99. The first-order chi connectivity index (χ1) is 16.7. The molecule has 2 aromatic heterocycles. The molecule has 0 aliphatic carbocycles. The average molecular weight is 454 g/mol. The molecule has 8 nitrogen and oxygen atoms in total. The molecule has 0 bridgehead atoms. The van der Waals surface area contributed by atoms with Crippen molar-refractivity contribution < 1.29 is 14.6 Å². The largest absolute Gasteiger partial charge is 0.454 e. The third-order valence-corrected chi connectivity index (χ3v) is 7.01.